The molecule has 1 fully saturated rings. The zero-order valence-corrected chi connectivity index (χ0v) is 14.2. The smallest absolute Gasteiger partial charge is 0.0472 e. The zero-order chi connectivity index (χ0) is 15.3. The molecule has 1 aromatic rings. The normalized spacial score (nSPS) is 21.6. The van der Waals surface area contributed by atoms with Gasteiger partial charge in [0.05, 0.1) is 0 Å². The summed E-state index contributed by atoms with van der Waals surface area (Å²) in [4.78, 5) is 2.69. The van der Waals surface area contributed by atoms with Crippen LogP contribution in [0.3, 0.4) is 0 Å². The molecule has 0 saturated carbocycles. The van der Waals surface area contributed by atoms with Crippen LogP contribution in [0.2, 0.25) is 0 Å². The number of nitrogens with one attached hydrogen (secondary N) is 1. The molecule has 2 atom stereocenters. The molecule has 118 valence electrons. The quantitative estimate of drug-likeness (QED) is 0.842. The first-order valence-electron chi connectivity index (χ1n) is 8.53. The van der Waals surface area contributed by atoms with Crippen molar-refractivity contribution in [3.8, 4) is 0 Å². The topological polar surface area (TPSA) is 15.3 Å². The van der Waals surface area contributed by atoms with Gasteiger partial charge in [-0.15, -0.1) is 0 Å². The van der Waals surface area contributed by atoms with Gasteiger partial charge in [-0.1, -0.05) is 43.7 Å². The molecule has 0 amide bonds. The van der Waals surface area contributed by atoms with E-state index in [4.69, 9.17) is 0 Å². The second-order valence-electron chi connectivity index (χ2n) is 7.50. The summed E-state index contributed by atoms with van der Waals surface area (Å²) in [6.45, 7) is 12.6. The first-order valence-corrected chi connectivity index (χ1v) is 8.53. The summed E-state index contributed by atoms with van der Waals surface area (Å²) in [6, 6.07) is 11.5. The van der Waals surface area contributed by atoms with Gasteiger partial charge in [-0.25, -0.2) is 0 Å². The largest absolute Gasteiger partial charge is 0.310 e. The van der Waals surface area contributed by atoms with E-state index < -0.39 is 0 Å². The predicted octanol–water partition coefficient (Wildman–Crippen LogP) is 4.24. The van der Waals surface area contributed by atoms with Crippen LogP contribution >= 0.6 is 0 Å². The third-order valence-corrected chi connectivity index (χ3v) is 4.47. The Morgan fingerprint density at radius 1 is 1.24 bits per heavy atom. The van der Waals surface area contributed by atoms with Gasteiger partial charge in [0.15, 0.2) is 0 Å². The molecule has 2 rings (SSSR count). The minimum Gasteiger partial charge on any atom is -0.310 e. The molecule has 1 heterocycles. The van der Waals surface area contributed by atoms with Crippen LogP contribution in [-0.2, 0) is 0 Å². The highest BCUT2D eigenvalue weighted by Crippen LogP contribution is 2.29. The molecule has 0 spiro atoms. The van der Waals surface area contributed by atoms with Crippen LogP contribution in [0.1, 0.15) is 58.6 Å². The lowest BCUT2D eigenvalue weighted by molar-refractivity contribution is 0.215. The van der Waals surface area contributed by atoms with Crippen LogP contribution < -0.4 is 5.32 Å². The van der Waals surface area contributed by atoms with Crippen molar-refractivity contribution in [2.45, 2.75) is 58.5 Å². The van der Waals surface area contributed by atoms with Gasteiger partial charge in [-0.05, 0) is 51.6 Å². The number of hydrogen-bond donors (Lipinski definition) is 1. The molecule has 1 aromatic carbocycles. The first-order chi connectivity index (χ1) is 9.99. The molecular formula is C19H32N2. The second-order valence-corrected chi connectivity index (χ2v) is 7.50. The maximum Gasteiger partial charge on any atom is 0.0472 e. The van der Waals surface area contributed by atoms with Crippen molar-refractivity contribution in [1.82, 2.24) is 10.2 Å². The molecule has 1 aliphatic heterocycles. The Hall–Kier alpha value is -0.860. The van der Waals surface area contributed by atoms with Crippen LogP contribution in [0, 0.1) is 5.92 Å². The summed E-state index contributed by atoms with van der Waals surface area (Å²) in [5.41, 5.74) is 1.63. The lowest BCUT2D eigenvalue weighted by atomic mass is 10.0. The van der Waals surface area contributed by atoms with Gasteiger partial charge >= 0.3 is 0 Å². The molecule has 0 aliphatic carbocycles. The van der Waals surface area contributed by atoms with Gasteiger partial charge in [0.25, 0.3) is 0 Å². The minimum atomic E-state index is 0.176. The third-order valence-electron chi connectivity index (χ3n) is 4.47. The Bertz CT molecular complexity index is 407. The zero-order valence-electron chi connectivity index (χ0n) is 14.2. The molecule has 2 unspecified atom stereocenters. The van der Waals surface area contributed by atoms with Crippen molar-refractivity contribution in [1.29, 1.82) is 0 Å². The van der Waals surface area contributed by atoms with E-state index in [1.807, 2.05) is 0 Å². The summed E-state index contributed by atoms with van der Waals surface area (Å²) in [7, 11) is 0. The van der Waals surface area contributed by atoms with Crippen molar-refractivity contribution in [2.75, 3.05) is 19.6 Å². The fourth-order valence-corrected chi connectivity index (χ4v) is 3.33. The maximum absolute atomic E-state index is 3.70. The Morgan fingerprint density at radius 2 is 1.95 bits per heavy atom. The van der Waals surface area contributed by atoms with Gasteiger partial charge in [-0.3, -0.25) is 4.90 Å². The van der Waals surface area contributed by atoms with Gasteiger partial charge in [0, 0.05) is 24.7 Å². The molecule has 2 heteroatoms. The van der Waals surface area contributed by atoms with Crippen LogP contribution in [0.5, 0.6) is 0 Å². The Kier molecular flexibility index (Phi) is 5.83. The van der Waals surface area contributed by atoms with Gasteiger partial charge in [0.1, 0.15) is 0 Å². The number of benzene rings is 1. The van der Waals surface area contributed by atoms with Crippen LogP contribution in [0.15, 0.2) is 30.3 Å². The number of nitrogens with zero attached hydrogens (tertiary/aromatic N) is 1. The van der Waals surface area contributed by atoms with Crippen LogP contribution in [0.25, 0.3) is 0 Å². The van der Waals surface area contributed by atoms with Crippen molar-refractivity contribution < 1.29 is 0 Å². The average molecular weight is 288 g/mol. The first kappa shape index (κ1) is 16.5. The molecule has 0 radical (unpaired) electrons. The Labute approximate surface area is 130 Å². The number of rotatable bonds is 6. The second kappa shape index (κ2) is 7.42. The van der Waals surface area contributed by atoms with E-state index >= 15 is 0 Å². The fourth-order valence-electron chi connectivity index (χ4n) is 3.33. The number of hydrogen-bond acceptors (Lipinski definition) is 2. The van der Waals surface area contributed by atoms with Crippen molar-refractivity contribution in [3.05, 3.63) is 35.9 Å². The van der Waals surface area contributed by atoms with E-state index in [2.05, 4.69) is 68.2 Å². The summed E-state index contributed by atoms with van der Waals surface area (Å²) >= 11 is 0. The van der Waals surface area contributed by atoms with E-state index in [9.17, 15) is 0 Å². The average Bonchev–Trinajstić information content (AvgIpc) is 2.88. The third kappa shape index (κ3) is 5.12. The van der Waals surface area contributed by atoms with E-state index in [0.29, 0.717) is 6.04 Å². The minimum absolute atomic E-state index is 0.176. The van der Waals surface area contributed by atoms with E-state index in [1.165, 1.54) is 37.9 Å². The van der Waals surface area contributed by atoms with Gasteiger partial charge in [0.2, 0.25) is 0 Å². The molecule has 2 nitrogen and oxygen atoms in total. The molecule has 1 N–H and O–H groups in total. The Morgan fingerprint density at radius 3 is 2.57 bits per heavy atom. The lowest BCUT2D eigenvalue weighted by Gasteiger charge is -2.32. The Balaban J connectivity index is 2.06. The fraction of sp³-hybridized carbons (Fsp3) is 0.684. The molecule has 21 heavy (non-hydrogen) atoms. The lowest BCUT2D eigenvalue weighted by Crippen LogP contribution is -2.42. The summed E-state index contributed by atoms with van der Waals surface area (Å²) in [5, 5.41) is 3.70. The SMILES string of the molecule is CCCC1CCN(C(CNC(C)(C)C)c2ccccc2)C1. The van der Waals surface area contributed by atoms with E-state index in [-0.39, 0.29) is 5.54 Å². The summed E-state index contributed by atoms with van der Waals surface area (Å²) < 4.78 is 0. The highest BCUT2D eigenvalue weighted by atomic mass is 15.2. The van der Waals surface area contributed by atoms with E-state index in [1.54, 1.807) is 0 Å². The van der Waals surface area contributed by atoms with Crippen molar-refractivity contribution in [2.24, 2.45) is 5.92 Å². The molecule has 1 saturated heterocycles. The monoisotopic (exact) mass is 288 g/mol. The van der Waals surface area contributed by atoms with Gasteiger partial charge in [-0.2, -0.15) is 0 Å². The highest BCUT2D eigenvalue weighted by Gasteiger charge is 2.29. The highest BCUT2D eigenvalue weighted by molar-refractivity contribution is 5.20. The molecular weight excluding hydrogens is 256 g/mol. The standard InChI is InChI=1S/C19H32N2/c1-5-9-16-12-13-21(15-16)18(14-20-19(2,3)4)17-10-7-6-8-11-17/h6-8,10-11,16,18,20H,5,9,12-15H2,1-4H3. The van der Waals surface area contributed by atoms with Crippen molar-refractivity contribution in [3.63, 3.8) is 0 Å². The maximum atomic E-state index is 3.70. The van der Waals surface area contributed by atoms with Crippen LogP contribution in [0.4, 0.5) is 0 Å². The summed E-state index contributed by atoms with van der Waals surface area (Å²) in [6.07, 6.45) is 4.06. The van der Waals surface area contributed by atoms with Crippen LogP contribution in [-0.4, -0.2) is 30.1 Å². The number of likely N-dealkylation sites (tertiary alicyclic amines) is 1. The molecule has 0 aromatic heterocycles. The predicted molar refractivity (Wildman–Crippen MR) is 91.5 cm³/mol. The summed E-state index contributed by atoms with van der Waals surface area (Å²) in [5.74, 6) is 0.899. The van der Waals surface area contributed by atoms with Crippen molar-refractivity contribution >= 4 is 0 Å². The molecule has 1 aliphatic rings. The van der Waals surface area contributed by atoms with Gasteiger partial charge < -0.3 is 5.32 Å². The molecule has 0 bridgehead atoms. The van der Waals surface area contributed by atoms with E-state index in [0.717, 1.165) is 12.5 Å².